The van der Waals surface area contributed by atoms with E-state index in [1.54, 1.807) is 11.9 Å². The summed E-state index contributed by atoms with van der Waals surface area (Å²) in [6.45, 7) is 4.45. The third-order valence-corrected chi connectivity index (χ3v) is 5.88. The molecule has 7 heteroatoms. The smallest absolute Gasteiger partial charge is 0.169 e. The van der Waals surface area contributed by atoms with Gasteiger partial charge in [-0.15, -0.1) is 0 Å². The fourth-order valence-electron chi connectivity index (χ4n) is 3.38. The normalized spacial score (nSPS) is 17.3. The largest absolute Gasteiger partial charge is 0.379 e. The van der Waals surface area contributed by atoms with Crippen LogP contribution in [-0.4, -0.2) is 47.1 Å². The van der Waals surface area contributed by atoms with E-state index in [-0.39, 0.29) is 0 Å². The first-order chi connectivity index (χ1) is 13.3. The van der Waals surface area contributed by atoms with Crippen molar-refractivity contribution in [3.63, 3.8) is 0 Å². The number of hydrazine groups is 1. The van der Waals surface area contributed by atoms with Gasteiger partial charge in [0.05, 0.1) is 35.6 Å². The molecule has 6 nitrogen and oxygen atoms in total. The van der Waals surface area contributed by atoms with E-state index in [0.29, 0.717) is 0 Å². The van der Waals surface area contributed by atoms with Crippen molar-refractivity contribution in [1.29, 1.82) is 0 Å². The maximum absolute atomic E-state index is 5.40. The molecule has 2 aliphatic heterocycles. The first kappa shape index (κ1) is 16.8. The molecule has 2 aromatic carbocycles. The molecule has 1 saturated heterocycles. The molecule has 0 bridgehead atoms. The topological polar surface area (TPSA) is 53.5 Å². The molecule has 0 spiro atoms. The van der Waals surface area contributed by atoms with E-state index in [0.717, 1.165) is 67.5 Å². The van der Waals surface area contributed by atoms with Gasteiger partial charge in [-0.05, 0) is 48.3 Å². The standard InChI is InChI=1S/C20H21N5OS/c1-2-4-18-17(3-1)21-19-9-10-25(20(19)22-18)23-15-5-7-16(8-6-15)27-24-11-13-26-14-12-24/h1-8,23H,9-14H2. The van der Waals surface area contributed by atoms with Gasteiger partial charge in [0.2, 0.25) is 0 Å². The van der Waals surface area contributed by atoms with Crippen LogP contribution in [0.4, 0.5) is 11.5 Å². The van der Waals surface area contributed by atoms with Gasteiger partial charge >= 0.3 is 0 Å². The lowest BCUT2D eigenvalue weighted by Gasteiger charge is -2.25. The molecule has 3 heterocycles. The third-order valence-electron chi connectivity index (χ3n) is 4.77. The van der Waals surface area contributed by atoms with E-state index in [4.69, 9.17) is 14.7 Å². The van der Waals surface area contributed by atoms with Gasteiger partial charge in [0, 0.05) is 31.0 Å². The van der Waals surface area contributed by atoms with Crippen LogP contribution in [0, 0.1) is 0 Å². The molecular weight excluding hydrogens is 358 g/mol. The number of benzene rings is 2. The summed E-state index contributed by atoms with van der Waals surface area (Å²) in [4.78, 5) is 10.8. The van der Waals surface area contributed by atoms with Crippen LogP contribution in [0.5, 0.6) is 0 Å². The fraction of sp³-hybridized carbons (Fsp3) is 0.300. The van der Waals surface area contributed by atoms with Crippen molar-refractivity contribution in [3.8, 4) is 0 Å². The Morgan fingerprint density at radius 2 is 1.63 bits per heavy atom. The molecule has 3 aromatic rings. The highest BCUT2D eigenvalue weighted by Crippen LogP contribution is 2.29. The van der Waals surface area contributed by atoms with Crippen molar-refractivity contribution in [2.24, 2.45) is 0 Å². The predicted molar refractivity (Wildman–Crippen MR) is 109 cm³/mol. The molecule has 5 rings (SSSR count). The minimum Gasteiger partial charge on any atom is -0.379 e. The number of ether oxygens (including phenoxy) is 1. The number of hydrogen-bond donors (Lipinski definition) is 1. The lowest BCUT2D eigenvalue weighted by molar-refractivity contribution is 0.0773. The number of aromatic nitrogens is 2. The second-order valence-corrected chi connectivity index (χ2v) is 7.82. The van der Waals surface area contributed by atoms with E-state index >= 15 is 0 Å². The third kappa shape index (κ3) is 3.58. The average Bonchev–Trinajstić information content (AvgIpc) is 3.10. The van der Waals surface area contributed by atoms with Gasteiger partial charge in [0.25, 0.3) is 0 Å². The van der Waals surface area contributed by atoms with Crippen LogP contribution in [0.25, 0.3) is 11.0 Å². The second-order valence-electron chi connectivity index (χ2n) is 6.65. The first-order valence-electron chi connectivity index (χ1n) is 9.26. The maximum atomic E-state index is 5.40. The van der Waals surface area contributed by atoms with Gasteiger partial charge in [-0.2, -0.15) is 0 Å². The zero-order valence-corrected chi connectivity index (χ0v) is 15.8. The van der Waals surface area contributed by atoms with Crippen molar-refractivity contribution in [2.45, 2.75) is 11.3 Å². The Balaban J connectivity index is 1.29. The van der Waals surface area contributed by atoms with Gasteiger partial charge in [-0.3, -0.25) is 10.4 Å². The molecule has 0 unspecified atom stereocenters. The van der Waals surface area contributed by atoms with Crippen LogP contribution in [0.1, 0.15) is 5.69 Å². The van der Waals surface area contributed by atoms with Crippen LogP contribution in [0.3, 0.4) is 0 Å². The van der Waals surface area contributed by atoms with E-state index in [2.05, 4.69) is 39.0 Å². The summed E-state index contributed by atoms with van der Waals surface area (Å²) in [5.41, 5.74) is 7.49. The Bertz CT molecular complexity index is 943. The lowest BCUT2D eigenvalue weighted by Crippen LogP contribution is -2.30. The Hall–Kier alpha value is -2.35. The van der Waals surface area contributed by atoms with Crippen molar-refractivity contribution < 1.29 is 4.74 Å². The number of nitrogens with zero attached hydrogens (tertiary/aromatic N) is 4. The molecule has 1 aromatic heterocycles. The zero-order valence-electron chi connectivity index (χ0n) is 15.0. The van der Waals surface area contributed by atoms with Gasteiger partial charge < -0.3 is 4.74 Å². The lowest BCUT2D eigenvalue weighted by atomic mass is 10.3. The quantitative estimate of drug-likeness (QED) is 0.698. The summed E-state index contributed by atoms with van der Waals surface area (Å²) in [5.74, 6) is 0.931. The maximum Gasteiger partial charge on any atom is 0.169 e. The summed E-state index contributed by atoms with van der Waals surface area (Å²) in [5, 5.41) is 2.10. The summed E-state index contributed by atoms with van der Waals surface area (Å²) < 4.78 is 7.76. The van der Waals surface area contributed by atoms with Gasteiger partial charge in [0.15, 0.2) is 5.82 Å². The van der Waals surface area contributed by atoms with Gasteiger partial charge in [-0.1, -0.05) is 12.1 Å². The van der Waals surface area contributed by atoms with E-state index in [1.165, 1.54) is 4.90 Å². The summed E-state index contributed by atoms with van der Waals surface area (Å²) in [7, 11) is 0. The molecule has 138 valence electrons. The summed E-state index contributed by atoms with van der Waals surface area (Å²) in [6, 6.07) is 16.6. The molecule has 0 atom stereocenters. The minimum absolute atomic E-state index is 0.816. The number of fused-ring (bicyclic) bond motifs is 2. The Morgan fingerprint density at radius 1 is 0.889 bits per heavy atom. The highest BCUT2D eigenvalue weighted by Gasteiger charge is 2.23. The van der Waals surface area contributed by atoms with Crippen LogP contribution in [0.15, 0.2) is 53.4 Å². The van der Waals surface area contributed by atoms with E-state index in [9.17, 15) is 0 Å². The van der Waals surface area contributed by atoms with E-state index in [1.807, 2.05) is 24.3 Å². The molecule has 0 radical (unpaired) electrons. The van der Waals surface area contributed by atoms with E-state index < -0.39 is 0 Å². The fourth-order valence-corrected chi connectivity index (χ4v) is 4.26. The number of anilines is 2. The summed E-state index contributed by atoms with van der Waals surface area (Å²) in [6.07, 6.45) is 0.908. The van der Waals surface area contributed by atoms with Crippen LogP contribution in [0.2, 0.25) is 0 Å². The molecule has 0 amide bonds. The van der Waals surface area contributed by atoms with Gasteiger partial charge in [0.1, 0.15) is 0 Å². The zero-order chi connectivity index (χ0) is 18.1. The number of rotatable bonds is 4. The van der Waals surface area contributed by atoms with Crippen LogP contribution in [-0.2, 0) is 11.2 Å². The number of para-hydroxylation sites is 2. The second kappa shape index (κ2) is 7.34. The van der Waals surface area contributed by atoms with Crippen molar-refractivity contribution in [1.82, 2.24) is 14.3 Å². The predicted octanol–water partition coefficient (Wildman–Crippen LogP) is 3.36. The molecule has 1 fully saturated rings. The summed E-state index contributed by atoms with van der Waals surface area (Å²) >= 11 is 1.80. The monoisotopic (exact) mass is 379 g/mol. The number of nitrogens with one attached hydrogen (secondary N) is 1. The molecule has 27 heavy (non-hydrogen) atoms. The van der Waals surface area contributed by atoms with Crippen molar-refractivity contribution in [3.05, 3.63) is 54.2 Å². The van der Waals surface area contributed by atoms with Crippen LogP contribution < -0.4 is 10.4 Å². The van der Waals surface area contributed by atoms with Crippen molar-refractivity contribution in [2.75, 3.05) is 43.3 Å². The van der Waals surface area contributed by atoms with Crippen molar-refractivity contribution >= 4 is 34.5 Å². The first-order valence-corrected chi connectivity index (χ1v) is 10.0. The minimum atomic E-state index is 0.816. The highest BCUT2D eigenvalue weighted by atomic mass is 32.2. The molecule has 1 N–H and O–H groups in total. The molecular formula is C20H21N5OS. The van der Waals surface area contributed by atoms with Gasteiger partial charge in [-0.25, -0.2) is 14.3 Å². The number of morpholine rings is 1. The highest BCUT2D eigenvalue weighted by molar-refractivity contribution is 7.97. The molecule has 0 saturated carbocycles. The average molecular weight is 379 g/mol. The van der Waals surface area contributed by atoms with Crippen LogP contribution >= 0.6 is 11.9 Å². The SMILES string of the molecule is c1ccc2nc3c(nc2c1)CCN3Nc1ccc(SN2CCOCC2)cc1. The molecule has 0 aliphatic carbocycles. The molecule has 2 aliphatic rings. The Morgan fingerprint density at radius 3 is 2.41 bits per heavy atom. The Labute approximate surface area is 162 Å². The Kier molecular flexibility index (Phi) is 4.57. The number of hydrogen-bond acceptors (Lipinski definition) is 7.